The van der Waals surface area contributed by atoms with Crippen molar-refractivity contribution in [3.05, 3.63) is 69.7 Å². The molecule has 0 bridgehead atoms. The number of alkyl halides is 3. The Morgan fingerprint density at radius 3 is 2.32 bits per heavy atom. The first kappa shape index (κ1) is 28.7. The fourth-order valence-electron chi connectivity index (χ4n) is 5.41. The SMILES string of the molecule is CC(CCN1CCC(N2CCCC2=O)CC1)(C(=O)NC(c1ccccc1)C(F)(F)F)c1ccc(Cl)c(Cl)c1. The summed E-state index contributed by atoms with van der Waals surface area (Å²) in [6.45, 7) is 4.47. The van der Waals surface area contributed by atoms with Crippen molar-refractivity contribution in [3.8, 4) is 0 Å². The van der Waals surface area contributed by atoms with Crippen molar-refractivity contribution < 1.29 is 22.8 Å². The lowest BCUT2D eigenvalue weighted by Crippen LogP contribution is -2.50. The molecule has 4 rings (SSSR count). The molecule has 0 aromatic heterocycles. The number of halogens is 5. The minimum absolute atomic E-state index is 0.0385. The van der Waals surface area contributed by atoms with Crippen LogP contribution in [0.2, 0.25) is 10.0 Å². The summed E-state index contributed by atoms with van der Waals surface area (Å²) in [4.78, 5) is 30.0. The summed E-state index contributed by atoms with van der Waals surface area (Å²) in [6.07, 6.45) is -1.21. The van der Waals surface area contributed by atoms with Gasteiger partial charge in [0.25, 0.3) is 0 Å². The summed E-state index contributed by atoms with van der Waals surface area (Å²) in [5.74, 6) is -0.524. The maximum Gasteiger partial charge on any atom is 0.412 e. The van der Waals surface area contributed by atoms with Gasteiger partial charge in [-0.3, -0.25) is 9.59 Å². The maximum atomic E-state index is 14.1. The third-order valence-corrected chi connectivity index (χ3v) is 8.57. The van der Waals surface area contributed by atoms with Gasteiger partial charge in [0, 0.05) is 32.1 Å². The first-order chi connectivity index (χ1) is 18.0. The molecule has 206 valence electrons. The van der Waals surface area contributed by atoms with Crippen LogP contribution in [0.4, 0.5) is 13.2 Å². The highest BCUT2D eigenvalue weighted by Gasteiger charge is 2.45. The van der Waals surface area contributed by atoms with Crippen LogP contribution in [0, 0.1) is 0 Å². The molecule has 2 unspecified atom stereocenters. The predicted molar refractivity (Wildman–Crippen MR) is 142 cm³/mol. The number of amides is 2. The van der Waals surface area contributed by atoms with Gasteiger partial charge in [-0.05, 0) is 62.4 Å². The van der Waals surface area contributed by atoms with E-state index in [1.807, 2.05) is 4.90 Å². The molecule has 2 aliphatic rings. The van der Waals surface area contributed by atoms with Crippen molar-refractivity contribution in [2.45, 2.75) is 62.7 Å². The summed E-state index contributed by atoms with van der Waals surface area (Å²) in [5.41, 5.74) is -0.840. The number of likely N-dealkylation sites (tertiary alicyclic amines) is 2. The molecule has 2 heterocycles. The van der Waals surface area contributed by atoms with Gasteiger partial charge < -0.3 is 15.1 Å². The van der Waals surface area contributed by atoms with Gasteiger partial charge in [-0.2, -0.15) is 13.2 Å². The molecule has 2 saturated heterocycles. The molecule has 38 heavy (non-hydrogen) atoms. The molecule has 2 atom stereocenters. The van der Waals surface area contributed by atoms with Crippen molar-refractivity contribution in [2.24, 2.45) is 0 Å². The van der Waals surface area contributed by atoms with Crippen molar-refractivity contribution in [1.29, 1.82) is 0 Å². The monoisotopic (exact) mass is 569 g/mol. The Kier molecular flexibility index (Phi) is 8.95. The lowest BCUT2D eigenvalue weighted by molar-refractivity contribution is -0.165. The lowest BCUT2D eigenvalue weighted by atomic mass is 9.78. The van der Waals surface area contributed by atoms with Crippen LogP contribution < -0.4 is 5.32 Å². The molecule has 2 fully saturated rings. The minimum atomic E-state index is -4.68. The fraction of sp³-hybridized carbons (Fsp3) is 0.500. The number of hydrogen-bond acceptors (Lipinski definition) is 3. The number of carbonyl (C=O) groups excluding carboxylic acids is 2. The van der Waals surface area contributed by atoms with Crippen LogP contribution in [0.5, 0.6) is 0 Å². The highest BCUT2D eigenvalue weighted by molar-refractivity contribution is 6.42. The second kappa shape index (κ2) is 11.8. The highest BCUT2D eigenvalue weighted by Crippen LogP contribution is 2.37. The van der Waals surface area contributed by atoms with Crippen molar-refractivity contribution in [2.75, 3.05) is 26.2 Å². The van der Waals surface area contributed by atoms with E-state index in [0.29, 0.717) is 23.6 Å². The molecule has 2 amide bonds. The van der Waals surface area contributed by atoms with Gasteiger partial charge in [-0.25, -0.2) is 0 Å². The van der Waals surface area contributed by atoms with Crippen LogP contribution in [0.3, 0.4) is 0 Å². The number of hydrogen-bond donors (Lipinski definition) is 1. The lowest BCUT2D eigenvalue weighted by Gasteiger charge is -2.38. The molecule has 10 heteroatoms. The van der Waals surface area contributed by atoms with Crippen molar-refractivity contribution in [1.82, 2.24) is 15.1 Å². The molecular formula is C28H32Cl2F3N3O2. The van der Waals surface area contributed by atoms with E-state index in [-0.39, 0.29) is 29.0 Å². The standard InChI is InChI=1S/C28H32Cl2F3N3O2/c1-27(20-9-10-22(29)23(30)18-20,26(38)34-25(28(31,32)33)19-6-3-2-4-7-19)13-17-35-15-11-21(12-16-35)36-14-5-8-24(36)37/h2-4,6-7,9-10,18,21,25H,5,8,11-17H2,1H3,(H,34,38). The van der Waals surface area contributed by atoms with Gasteiger partial charge in [0.05, 0.1) is 15.5 Å². The number of piperidine rings is 1. The zero-order valence-corrected chi connectivity index (χ0v) is 22.8. The largest absolute Gasteiger partial charge is 0.412 e. The Bertz CT molecular complexity index is 1140. The van der Waals surface area contributed by atoms with Crippen molar-refractivity contribution >= 4 is 35.0 Å². The Balaban J connectivity index is 1.52. The number of benzene rings is 2. The number of rotatable bonds is 8. The van der Waals surface area contributed by atoms with E-state index in [1.54, 1.807) is 31.2 Å². The molecular weight excluding hydrogens is 538 g/mol. The maximum absolute atomic E-state index is 14.1. The smallest absolute Gasteiger partial charge is 0.340 e. The number of nitrogens with zero attached hydrogens (tertiary/aromatic N) is 2. The highest BCUT2D eigenvalue weighted by atomic mass is 35.5. The molecule has 5 nitrogen and oxygen atoms in total. The van der Waals surface area contributed by atoms with E-state index in [4.69, 9.17) is 23.2 Å². The first-order valence-corrected chi connectivity index (χ1v) is 13.6. The molecule has 0 saturated carbocycles. The minimum Gasteiger partial charge on any atom is -0.340 e. The summed E-state index contributed by atoms with van der Waals surface area (Å²) < 4.78 is 42.2. The van der Waals surface area contributed by atoms with Gasteiger partial charge in [0.2, 0.25) is 11.8 Å². The van der Waals surface area contributed by atoms with E-state index >= 15 is 0 Å². The Labute approximate surface area is 231 Å². The number of nitrogens with one attached hydrogen (secondary N) is 1. The van der Waals surface area contributed by atoms with Gasteiger partial charge >= 0.3 is 6.18 Å². The van der Waals surface area contributed by atoms with Crippen LogP contribution in [0.15, 0.2) is 48.5 Å². The topological polar surface area (TPSA) is 52.7 Å². The van der Waals surface area contributed by atoms with Gasteiger partial charge in [-0.1, -0.05) is 59.6 Å². The van der Waals surface area contributed by atoms with Gasteiger partial charge in [-0.15, -0.1) is 0 Å². The summed E-state index contributed by atoms with van der Waals surface area (Å²) >= 11 is 12.3. The van der Waals surface area contributed by atoms with Gasteiger partial charge in [0.1, 0.15) is 0 Å². The fourth-order valence-corrected chi connectivity index (χ4v) is 5.71. The first-order valence-electron chi connectivity index (χ1n) is 12.9. The van der Waals surface area contributed by atoms with Crippen molar-refractivity contribution in [3.63, 3.8) is 0 Å². The zero-order valence-electron chi connectivity index (χ0n) is 21.2. The van der Waals surface area contributed by atoms with E-state index in [2.05, 4.69) is 10.2 Å². The second-order valence-electron chi connectivity index (χ2n) is 10.3. The Hall–Kier alpha value is -2.29. The molecule has 0 spiro atoms. The third-order valence-electron chi connectivity index (χ3n) is 7.83. The average molecular weight is 570 g/mol. The van der Waals surface area contributed by atoms with E-state index in [1.165, 1.54) is 24.3 Å². The summed E-state index contributed by atoms with van der Waals surface area (Å²) in [7, 11) is 0. The molecule has 0 aliphatic carbocycles. The number of carbonyl (C=O) groups is 2. The van der Waals surface area contributed by atoms with Crippen LogP contribution >= 0.6 is 23.2 Å². The Morgan fingerprint density at radius 2 is 1.74 bits per heavy atom. The summed E-state index contributed by atoms with van der Waals surface area (Å²) in [5, 5.41) is 2.81. The molecule has 0 radical (unpaired) electrons. The summed E-state index contributed by atoms with van der Waals surface area (Å²) in [6, 6.07) is 10.2. The second-order valence-corrected chi connectivity index (χ2v) is 11.1. The van der Waals surface area contributed by atoms with Crippen LogP contribution in [-0.4, -0.2) is 60.0 Å². The van der Waals surface area contributed by atoms with Gasteiger partial charge in [0.15, 0.2) is 6.04 Å². The van der Waals surface area contributed by atoms with Crippen LogP contribution in [0.1, 0.15) is 56.2 Å². The van der Waals surface area contributed by atoms with E-state index in [0.717, 1.165) is 38.9 Å². The third kappa shape index (κ3) is 6.46. The van der Waals surface area contributed by atoms with E-state index < -0.39 is 23.5 Å². The van der Waals surface area contributed by atoms with Crippen LogP contribution in [-0.2, 0) is 15.0 Å². The van der Waals surface area contributed by atoms with Crippen LogP contribution in [0.25, 0.3) is 0 Å². The quantitative estimate of drug-likeness (QED) is 0.415. The zero-order chi connectivity index (χ0) is 27.5. The molecule has 2 aliphatic heterocycles. The van der Waals surface area contributed by atoms with E-state index in [9.17, 15) is 22.8 Å². The Morgan fingerprint density at radius 1 is 1.05 bits per heavy atom. The predicted octanol–water partition coefficient (Wildman–Crippen LogP) is 6.15. The molecule has 2 aromatic rings. The normalized spacial score (nSPS) is 19.8. The molecule has 1 N–H and O–H groups in total. The average Bonchev–Trinajstić information content (AvgIpc) is 3.33. The molecule has 2 aromatic carbocycles.